The van der Waals surface area contributed by atoms with E-state index in [4.69, 9.17) is 14.2 Å². The molecule has 0 radical (unpaired) electrons. The van der Waals surface area contributed by atoms with E-state index < -0.39 is 0 Å². The molecule has 2 aromatic carbocycles. The molecule has 0 saturated heterocycles. The maximum atomic E-state index is 5.90. The molecule has 2 aromatic rings. The molecule has 0 N–H and O–H groups in total. The van der Waals surface area contributed by atoms with Crippen molar-refractivity contribution in [1.82, 2.24) is 0 Å². The maximum absolute atomic E-state index is 5.90. The Hall–Kier alpha value is -2.42. The standard InChI is InChI=1S/C16H14O3/c1-17-16(18-2)15-11-7-3-5-9-13(11)19-14-10-6-4-8-12(14)15/h3-10H,1-2H3. The average Bonchev–Trinajstić information content (AvgIpc) is 2.47. The van der Waals surface area contributed by atoms with Crippen molar-refractivity contribution in [2.75, 3.05) is 14.2 Å². The number of hydrogen-bond acceptors (Lipinski definition) is 3. The van der Waals surface area contributed by atoms with Crippen LogP contribution in [0.1, 0.15) is 11.1 Å². The number of rotatable bonds is 2. The molecule has 96 valence electrons. The van der Waals surface area contributed by atoms with Gasteiger partial charge in [0.15, 0.2) is 0 Å². The predicted octanol–water partition coefficient (Wildman–Crippen LogP) is 3.80. The van der Waals surface area contributed by atoms with Gasteiger partial charge in [-0.25, -0.2) is 0 Å². The average molecular weight is 254 g/mol. The van der Waals surface area contributed by atoms with E-state index >= 15 is 0 Å². The van der Waals surface area contributed by atoms with Gasteiger partial charge in [-0.3, -0.25) is 0 Å². The molecule has 19 heavy (non-hydrogen) atoms. The smallest absolute Gasteiger partial charge is 0.287 e. The fraction of sp³-hybridized carbons (Fsp3) is 0.125. The van der Waals surface area contributed by atoms with Crippen molar-refractivity contribution < 1.29 is 14.2 Å². The maximum Gasteiger partial charge on any atom is 0.287 e. The lowest BCUT2D eigenvalue weighted by Crippen LogP contribution is -2.06. The molecule has 1 heterocycles. The van der Waals surface area contributed by atoms with Crippen molar-refractivity contribution in [2.45, 2.75) is 0 Å². The Morgan fingerprint density at radius 3 is 1.74 bits per heavy atom. The minimum Gasteiger partial charge on any atom is -0.468 e. The lowest BCUT2D eigenvalue weighted by molar-refractivity contribution is 0.0980. The minimum absolute atomic E-state index is 0.489. The number of benzene rings is 2. The SMILES string of the molecule is COC(OC)=C1c2ccccc2Oc2ccccc21. The van der Waals surface area contributed by atoms with Gasteiger partial charge in [0.2, 0.25) is 0 Å². The van der Waals surface area contributed by atoms with Crippen LogP contribution in [0, 0.1) is 0 Å². The van der Waals surface area contributed by atoms with Crippen molar-refractivity contribution in [1.29, 1.82) is 0 Å². The van der Waals surface area contributed by atoms with Crippen molar-refractivity contribution >= 4 is 5.57 Å². The third kappa shape index (κ3) is 1.83. The summed E-state index contributed by atoms with van der Waals surface area (Å²) in [6.07, 6.45) is 0. The summed E-state index contributed by atoms with van der Waals surface area (Å²) in [5.41, 5.74) is 2.86. The van der Waals surface area contributed by atoms with E-state index in [9.17, 15) is 0 Å². The van der Waals surface area contributed by atoms with Gasteiger partial charge >= 0.3 is 0 Å². The van der Waals surface area contributed by atoms with Crippen LogP contribution in [0.25, 0.3) is 5.57 Å². The van der Waals surface area contributed by atoms with E-state index in [1.54, 1.807) is 14.2 Å². The van der Waals surface area contributed by atoms with E-state index in [1.165, 1.54) is 0 Å². The molecule has 3 heteroatoms. The van der Waals surface area contributed by atoms with Gasteiger partial charge in [0.25, 0.3) is 5.95 Å². The van der Waals surface area contributed by atoms with Crippen molar-refractivity contribution in [2.24, 2.45) is 0 Å². The molecule has 0 fully saturated rings. The van der Waals surface area contributed by atoms with Crippen LogP contribution < -0.4 is 4.74 Å². The van der Waals surface area contributed by atoms with Crippen LogP contribution in [0.4, 0.5) is 0 Å². The van der Waals surface area contributed by atoms with Crippen LogP contribution in [0.15, 0.2) is 54.5 Å². The summed E-state index contributed by atoms with van der Waals surface area (Å²) >= 11 is 0. The van der Waals surface area contributed by atoms with Gasteiger partial charge in [0.05, 0.1) is 19.8 Å². The summed E-state index contributed by atoms with van der Waals surface area (Å²) in [4.78, 5) is 0. The molecule has 0 aromatic heterocycles. The molecule has 0 spiro atoms. The zero-order valence-corrected chi connectivity index (χ0v) is 10.8. The minimum atomic E-state index is 0.489. The van der Waals surface area contributed by atoms with Crippen molar-refractivity contribution in [3.8, 4) is 11.5 Å². The first kappa shape index (κ1) is 11.7. The number of para-hydroxylation sites is 2. The highest BCUT2D eigenvalue weighted by molar-refractivity contribution is 5.88. The van der Waals surface area contributed by atoms with Crippen LogP contribution in [-0.4, -0.2) is 14.2 Å². The molecular formula is C16H14O3. The monoisotopic (exact) mass is 254 g/mol. The molecule has 0 unspecified atom stereocenters. The summed E-state index contributed by atoms with van der Waals surface area (Å²) < 4.78 is 16.6. The second-order valence-corrected chi connectivity index (χ2v) is 4.17. The molecule has 0 bridgehead atoms. The van der Waals surface area contributed by atoms with E-state index in [-0.39, 0.29) is 0 Å². The fourth-order valence-corrected chi connectivity index (χ4v) is 2.30. The zero-order chi connectivity index (χ0) is 13.2. The van der Waals surface area contributed by atoms with Gasteiger partial charge in [-0.2, -0.15) is 0 Å². The normalized spacial score (nSPS) is 12.0. The highest BCUT2D eigenvalue weighted by Gasteiger charge is 2.25. The number of methoxy groups -OCH3 is 2. The van der Waals surface area contributed by atoms with E-state index in [0.29, 0.717) is 5.95 Å². The summed E-state index contributed by atoms with van der Waals surface area (Å²) in [7, 11) is 3.21. The lowest BCUT2D eigenvalue weighted by atomic mass is 9.94. The first-order chi connectivity index (χ1) is 9.35. The van der Waals surface area contributed by atoms with E-state index in [0.717, 1.165) is 28.2 Å². The summed E-state index contributed by atoms with van der Waals surface area (Å²) in [5, 5.41) is 0. The summed E-state index contributed by atoms with van der Waals surface area (Å²) in [6, 6.07) is 15.7. The van der Waals surface area contributed by atoms with Gasteiger partial charge in [-0.15, -0.1) is 0 Å². The Morgan fingerprint density at radius 2 is 1.26 bits per heavy atom. The second kappa shape index (κ2) is 4.69. The van der Waals surface area contributed by atoms with E-state index in [2.05, 4.69) is 0 Å². The summed E-state index contributed by atoms with van der Waals surface area (Å²) in [5.74, 6) is 2.11. The quantitative estimate of drug-likeness (QED) is 0.651. The molecule has 0 aliphatic carbocycles. The lowest BCUT2D eigenvalue weighted by Gasteiger charge is -2.23. The number of ether oxygens (including phenoxy) is 3. The van der Waals surface area contributed by atoms with Crippen molar-refractivity contribution in [3.63, 3.8) is 0 Å². The molecular weight excluding hydrogens is 240 g/mol. The number of hydrogen-bond donors (Lipinski definition) is 0. The van der Waals surface area contributed by atoms with Gasteiger partial charge in [0.1, 0.15) is 11.5 Å². The Bertz CT molecular complexity index is 590. The van der Waals surface area contributed by atoms with Gasteiger partial charge in [-0.1, -0.05) is 36.4 Å². The van der Waals surface area contributed by atoms with Crippen LogP contribution in [0.5, 0.6) is 11.5 Å². The van der Waals surface area contributed by atoms with Gasteiger partial charge in [-0.05, 0) is 12.1 Å². The third-order valence-corrected chi connectivity index (χ3v) is 3.11. The Labute approximate surface area is 112 Å². The molecule has 0 atom stereocenters. The Morgan fingerprint density at radius 1 is 0.789 bits per heavy atom. The second-order valence-electron chi connectivity index (χ2n) is 4.17. The van der Waals surface area contributed by atoms with Crippen LogP contribution >= 0.6 is 0 Å². The Kier molecular flexibility index (Phi) is 2.88. The van der Waals surface area contributed by atoms with Crippen LogP contribution in [-0.2, 0) is 9.47 Å². The zero-order valence-electron chi connectivity index (χ0n) is 10.8. The molecule has 0 amide bonds. The molecule has 1 aliphatic heterocycles. The highest BCUT2D eigenvalue weighted by Crippen LogP contribution is 2.44. The van der Waals surface area contributed by atoms with Crippen molar-refractivity contribution in [3.05, 3.63) is 65.6 Å². The topological polar surface area (TPSA) is 27.7 Å². The van der Waals surface area contributed by atoms with Gasteiger partial charge < -0.3 is 14.2 Å². The molecule has 3 rings (SSSR count). The van der Waals surface area contributed by atoms with Gasteiger partial charge in [0, 0.05) is 11.1 Å². The molecule has 1 aliphatic rings. The largest absolute Gasteiger partial charge is 0.468 e. The highest BCUT2D eigenvalue weighted by atomic mass is 16.7. The Balaban J connectivity index is 2.31. The molecule has 3 nitrogen and oxygen atoms in total. The fourth-order valence-electron chi connectivity index (χ4n) is 2.30. The van der Waals surface area contributed by atoms with Crippen LogP contribution in [0.2, 0.25) is 0 Å². The first-order valence-electron chi connectivity index (χ1n) is 6.04. The van der Waals surface area contributed by atoms with E-state index in [1.807, 2.05) is 48.5 Å². The predicted molar refractivity (Wildman–Crippen MR) is 73.0 cm³/mol. The van der Waals surface area contributed by atoms with Crippen LogP contribution in [0.3, 0.4) is 0 Å². The molecule has 0 saturated carbocycles. The third-order valence-electron chi connectivity index (χ3n) is 3.11. The summed E-state index contributed by atoms with van der Waals surface area (Å²) in [6.45, 7) is 0. The first-order valence-corrected chi connectivity index (χ1v) is 6.04. The number of fused-ring (bicyclic) bond motifs is 2.